The van der Waals surface area contributed by atoms with Crippen LogP contribution in [0.4, 0.5) is 4.39 Å². The van der Waals surface area contributed by atoms with Gasteiger partial charge >= 0.3 is 0 Å². The number of hydrogen-bond acceptors (Lipinski definition) is 4. The third-order valence-corrected chi connectivity index (χ3v) is 5.05. The first-order chi connectivity index (χ1) is 14.0. The van der Waals surface area contributed by atoms with Gasteiger partial charge in [-0.1, -0.05) is 11.6 Å². The number of nitrogens with one attached hydrogen (secondary N) is 1. The number of rotatable bonds is 7. The number of ether oxygens (including phenoxy) is 2. The number of benzene rings is 2. The van der Waals surface area contributed by atoms with E-state index < -0.39 is 5.82 Å². The summed E-state index contributed by atoms with van der Waals surface area (Å²) in [4.78, 5) is 12.7. The van der Waals surface area contributed by atoms with Gasteiger partial charge < -0.3 is 20.5 Å². The van der Waals surface area contributed by atoms with Gasteiger partial charge in [-0.3, -0.25) is 4.79 Å². The summed E-state index contributed by atoms with van der Waals surface area (Å²) < 4.78 is 24.9. The second-order valence-electron chi connectivity index (χ2n) is 7.19. The van der Waals surface area contributed by atoms with Crippen molar-refractivity contribution in [3.63, 3.8) is 0 Å². The highest BCUT2D eigenvalue weighted by Crippen LogP contribution is 2.33. The Balaban J connectivity index is 1.80. The van der Waals surface area contributed by atoms with Gasteiger partial charge in [-0.15, -0.1) is 0 Å². The minimum Gasteiger partial charge on any atom is -0.493 e. The van der Waals surface area contributed by atoms with E-state index in [1.165, 1.54) is 31.2 Å². The molecule has 0 bridgehead atoms. The molecule has 2 aromatic carbocycles. The Kier molecular flexibility index (Phi) is 6.88. The molecule has 1 aliphatic carbocycles. The zero-order valence-electron chi connectivity index (χ0n) is 16.8. The van der Waals surface area contributed by atoms with Crippen LogP contribution in [0.15, 0.2) is 48.0 Å². The van der Waals surface area contributed by atoms with Gasteiger partial charge in [0.2, 0.25) is 0 Å². The standard InChI is InChI=1S/C23H27FN2O3/c1-15(17-6-4-3-5-7-17)26-23(27)18-8-9-21(28-2)22(12-18)29-20-11-16(14-25)10-19(24)13-20/h6,8-13,15H,3-5,7,14,25H2,1-2H3,(H,26,27). The summed E-state index contributed by atoms with van der Waals surface area (Å²) >= 11 is 0. The van der Waals surface area contributed by atoms with Crippen LogP contribution in [-0.4, -0.2) is 19.1 Å². The minimum atomic E-state index is -0.439. The summed E-state index contributed by atoms with van der Waals surface area (Å²) in [7, 11) is 1.51. The largest absolute Gasteiger partial charge is 0.493 e. The first-order valence-corrected chi connectivity index (χ1v) is 9.85. The van der Waals surface area contributed by atoms with Crippen LogP contribution in [0.2, 0.25) is 0 Å². The van der Waals surface area contributed by atoms with Crippen LogP contribution in [-0.2, 0) is 6.54 Å². The molecular formula is C23H27FN2O3. The number of nitrogens with two attached hydrogens (primary N) is 1. The van der Waals surface area contributed by atoms with Crippen molar-refractivity contribution in [1.29, 1.82) is 0 Å². The monoisotopic (exact) mass is 398 g/mol. The highest BCUT2D eigenvalue weighted by molar-refractivity contribution is 5.95. The number of hydrogen-bond donors (Lipinski definition) is 2. The van der Waals surface area contributed by atoms with Crippen LogP contribution in [0.5, 0.6) is 17.2 Å². The Labute approximate surface area is 170 Å². The minimum absolute atomic E-state index is 0.0235. The van der Waals surface area contributed by atoms with Crippen molar-refractivity contribution in [2.45, 2.75) is 45.2 Å². The lowest BCUT2D eigenvalue weighted by molar-refractivity contribution is 0.0944. The van der Waals surface area contributed by atoms with E-state index in [1.807, 2.05) is 6.92 Å². The predicted octanol–water partition coefficient (Wildman–Crippen LogP) is 4.70. The number of carbonyl (C=O) groups is 1. The summed E-state index contributed by atoms with van der Waals surface area (Å²) in [6.45, 7) is 2.19. The van der Waals surface area contributed by atoms with E-state index in [0.717, 1.165) is 19.3 Å². The average Bonchev–Trinajstić information content (AvgIpc) is 2.73. The predicted molar refractivity (Wildman–Crippen MR) is 111 cm³/mol. The Morgan fingerprint density at radius 3 is 2.72 bits per heavy atom. The molecule has 6 heteroatoms. The smallest absolute Gasteiger partial charge is 0.251 e. The maximum atomic E-state index is 13.8. The Morgan fingerprint density at radius 1 is 1.21 bits per heavy atom. The van der Waals surface area contributed by atoms with E-state index >= 15 is 0 Å². The van der Waals surface area contributed by atoms with Gasteiger partial charge in [0.05, 0.1) is 7.11 Å². The maximum absolute atomic E-state index is 13.8. The van der Waals surface area contributed by atoms with Crippen molar-refractivity contribution < 1.29 is 18.7 Å². The van der Waals surface area contributed by atoms with E-state index in [1.54, 1.807) is 24.3 Å². The lowest BCUT2D eigenvalue weighted by Crippen LogP contribution is -2.34. The second-order valence-corrected chi connectivity index (χ2v) is 7.19. The molecule has 0 saturated heterocycles. The average molecular weight is 398 g/mol. The Bertz CT molecular complexity index is 911. The second kappa shape index (κ2) is 9.56. The van der Waals surface area contributed by atoms with Crippen molar-refractivity contribution in [2.24, 2.45) is 5.73 Å². The molecule has 0 aromatic heterocycles. The summed E-state index contributed by atoms with van der Waals surface area (Å²) in [5, 5.41) is 3.04. The van der Waals surface area contributed by atoms with Crippen molar-refractivity contribution in [3.05, 3.63) is 65.0 Å². The quantitative estimate of drug-likeness (QED) is 0.663. The molecule has 154 valence electrons. The molecule has 0 saturated carbocycles. The highest BCUT2D eigenvalue weighted by atomic mass is 19.1. The summed E-state index contributed by atoms with van der Waals surface area (Å²) in [6.07, 6.45) is 6.66. The fourth-order valence-corrected chi connectivity index (χ4v) is 3.45. The molecule has 1 amide bonds. The molecule has 1 unspecified atom stereocenters. The number of carbonyl (C=O) groups excluding carboxylic acids is 1. The van der Waals surface area contributed by atoms with Crippen molar-refractivity contribution >= 4 is 5.91 Å². The summed E-state index contributed by atoms with van der Waals surface area (Å²) in [5.41, 5.74) is 7.93. The molecule has 0 radical (unpaired) electrons. The Morgan fingerprint density at radius 2 is 2.03 bits per heavy atom. The molecular weight excluding hydrogens is 371 g/mol. The van der Waals surface area contributed by atoms with Gasteiger partial charge in [-0.25, -0.2) is 4.39 Å². The van der Waals surface area contributed by atoms with Gasteiger partial charge in [-0.2, -0.15) is 0 Å². The van der Waals surface area contributed by atoms with Crippen molar-refractivity contribution in [3.8, 4) is 17.2 Å². The van der Waals surface area contributed by atoms with E-state index in [0.29, 0.717) is 28.4 Å². The molecule has 0 fully saturated rings. The lowest BCUT2D eigenvalue weighted by Gasteiger charge is -2.21. The van der Waals surface area contributed by atoms with Gasteiger partial charge in [0.15, 0.2) is 11.5 Å². The Hall–Kier alpha value is -2.86. The van der Waals surface area contributed by atoms with Crippen LogP contribution in [0.1, 0.15) is 48.5 Å². The SMILES string of the molecule is COc1ccc(C(=O)NC(C)C2=CCCCC2)cc1Oc1cc(F)cc(CN)c1. The van der Waals surface area contributed by atoms with Crippen LogP contribution < -0.4 is 20.5 Å². The van der Waals surface area contributed by atoms with Crippen LogP contribution >= 0.6 is 0 Å². The van der Waals surface area contributed by atoms with E-state index in [9.17, 15) is 9.18 Å². The molecule has 3 N–H and O–H groups in total. The number of amides is 1. The van der Waals surface area contributed by atoms with Crippen molar-refractivity contribution in [1.82, 2.24) is 5.32 Å². The van der Waals surface area contributed by atoms with E-state index in [2.05, 4.69) is 11.4 Å². The van der Waals surface area contributed by atoms with Crippen LogP contribution in [0, 0.1) is 5.82 Å². The third kappa shape index (κ3) is 5.35. The summed E-state index contributed by atoms with van der Waals surface area (Å²) in [6, 6.07) is 9.20. The topological polar surface area (TPSA) is 73.6 Å². The highest BCUT2D eigenvalue weighted by Gasteiger charge is 2.17. The first kappa shape index (κ1) is 20.9. The van der Waals surface area contributed by atoms with Crippen molar-refractivity contribution in [2.75, 3.05) is 7.11 Å². The van der Waals surface area contributed by atoms with Gasteiger partial charge in [0, 0.05) is 24.2 Å². The molecule has 1 atom stereocenters. The molecule has 1 aliphatic rings. The van der Waals surface area contributed by atoms with Crippen LogP contribution in [0.25, 0.3) is 0 Å². The lowest BCUT2D eigenvalue weighted by atomic mass is 9.94. The fourth-order valence-electron chi connectivity index (χ4n) is 3.45. The van der Waals surface area contributed by atoms with E-state index in [-0.39, 0.29) is 18.5 Å². The molecule has 5 nitrogen and oxygen atoms in total. The van der Waals surface area contributed by atoms with E-state index in [4.69, 9.17) is 15.2 Å². The summed E-state index contributed by atoms with van der Waals surface area (Å²) in [5.74, 6) is 0.437. The first-order valence-electron chi connectivity index (χ1n) is 9.85. The zero-order chi connectivity index (χ0) is 20.8. The molecule has 29 heavy (non-hydrogen) atoms. The van der Waals surface area contributed by atoms with Crippen LogP contribution in [0.3, 0.4) is 0 Å². The fraction of sp³-hybridized carbons (Fsp3) is 0.348. The zero-order valence-corrected chi connectivity index (χ0v) is 16.8. The number of methoxy groups -OCH3 is 1. The molecule has 3 rings (SSSR count). The van der Waals surface area contributed by atoms with Gasteiger partial charge in [0.1, 0.15) is 11.6 Å². The maximum Gasteiger partial charge on any atom is 0.251 e. The van der Waals surface area contributed by atoms with Gasteiger partial charge in [0.25, 0.3) is 5.91 Å². The number of allylic oxidation sites excluding steroid dienone is 1. The molecule has 0 spiro atoms. The third-order valence-electron chi connectivity index (χ3n) is 5.05. The van der Waals surface area contributed by atoms with Gasteiger partial charge in [-0.05, 0) is 68.5 Å². The normalized spacial score (nSPS) is 14.7. The number of halogens is 1. The molecule has 2 aromatic rings. The molecule has 0 aliphatic heterocycles. The molecule has 0 heterocycles.